The van der Waals surface area contributed by atoms with Gasteiger partial charge in [-0.05, 0) is 25.0 Å². The van der Waals surface area contributed by atoms with E-state index in [0.717, 1.165) is 19.4 Å². The average Bonchev–Trinajstić information content (AvgIpc) is 3.07. The van der Waals surface area contributed by atoms with Gasteiger partial charge < -0.3 is 14.5 Å². The minimum atomic E-state index is -1.03. The van der Waals surface area contributed by atoms with Gasteiger partial charge in [0, 0.05) is 13.5 Å². The SMILES string of the molecule is Cc1nc(C2CCCN2c2cccc(C(=O)O)n2)no1. The quantitative estimate of drug-likeness (QED) is 0.912. The number of aromatic carboxylic acids is 1. The molecule has 104 valence electrons. The largest absolute Gasteiger partial charge is 0.477 e. The molecule has 3 heterocycles. The maximum atomic E-state index is 11.0. The Bertz CT molecular complexity index is 640. The van der Waals surface area contributed by atoms with Crippen molar-refractivity contribution < 1.29 is 14.4 Å². The van der Waals surface area contributed by atoms with Crippen LogP contribution in [0.3, 0.4) is 0 Å². The number of carboxylic acid groups (broad SMARTS) is 1. The second kappa shape index (κ2) is 4.92. The molecule has 1 saturated heterocycles. The summed E-state index contributed by atoms with van der Waals surface area (Å²) in [5, 5.41) is 13.0. The van der Waals surface area contributed by atoms with Gasteiger partial charge in [0.1, 0.15) is 5.82 Å². The smallest absolute Gasteiger partial charge is 0.354 e. The third-order valence-corrected chi connectivity index (χ3v) is 3.34. The minimum absolute atomic E-state index is 0.0102. The highest BCUT2D eigenvalue weighted by atomic mass is 16.5. The summed E-state index contributed by atoms with van der Waals surface area (Å²) in [6.45, 7) is 2.55. The van der Waals surface area contributed by atoms with Crippen LogP contribution in [0, 0.1) is 6.92 Å². The van der Waals surface area contributed by atoms with Gasteiger partial charge in [0.2, 0.25) is 5.89 Å². The molecule has 0 bridgehead atoms. The normalized spacial score (nSPS) is 18.4. The van der Waals surface area contributed by atoms with Crippen LogP contribution in [-0.4, -0.2) is 32.7 Å². The molecule has 1 N–H and O–H groups in total. The fourth-order valence-electron chi connectivity index (χ4n) is 2.46. The van der Waals surface area contributed by atoms with Gasteiger partial charge in [-0.1, -0.05) is 11.2 Å². The maximum Gasteiger partial charge on any atom is 0.354 e. The Morgan fingerprint density at radius 3 is 3.00 bits per heavy atom. The molecule has 1 atom stereocenters. The zero-order valence-corrected chi connectivity index (χ0v) is 11.0. The molecule has 2 aromatic heterocycles. The summed E-state index contributed by atoms with van der Waals surface area (Å²) in [5.74, 6) is 0.759. The van der Waals surface area contributed by atoms with E-state index in [1.54, 1.807) is 19.1 Å². The van der Waals surface area contributed by atoms with Gasteiger partial charge in [0.05, 0.1) is 6.04 Å². The average molecular weight is 274 g/mol. The van der Waals surface area contributed by atoms with Gasteiger partial charge in [0.15, 0.2) is 11.5 Å². The number of pyridine rings is 1. The van der Waals surface area contributed by atoms with E-state index in [0.29, 0.717) is 17.5 Å². The van der Waals surface area contributed by atoms with Gasteiger partial charge in [0.25, 0.3) is 0 Å². The number of nitrogens with zero attached hydrogens (tertiary/aromatic N) is 4. The van der Waals surface area contributed by atoms with Gasteiger partial charge in [-0.2, -0.15) is 4.98 Å². The van der Waals surface area contributed by atoms with E-state index in [2.05, 4.69) is 15.1 Å². The van der Waals surface area contributed by atoms with Crippen molar-refractivity contribution in [2.24, 2.45) is 0 Å². The first kappa shape index (κ1) is 12.6. The highest BCUT2D eigenvalue weighted by Gasteiger charge is 2.31. The van der Waals surface area contributed by atoms with Crippen molar-refractivity contribution in [3.05, 3.63) is 35.6 Å². The molecule has 0 radical (unpaired) electrons. The Hall–Kier alpha value is -2.44. The molecule has 7 heteroatoms. The molecule has 0 spiro atoms. The lowest BCUT2D eigenvalue weighted by atomic mass is 10.2. The van der Waals surface area contributed by atoms with Crippen molar-refractivity contribution in [1.82, 2.24) is 15.1 Å². The summed E-state index contributed by atoms with van der Waals surface area (Å²) in [6, 6.07) is 4.97. The Labute approximate surface area is 115 Å². The van der Waals surface area contributed by atoms with Crippen LogP contribution in [0.15, 0.2) is 22.7 Å². The van der Waals surface area contributed by atoms with Crippen LogP contribution in [0.5, 0.6) is 0 Å². The van der Waals surface area contributed by atoms with E-state index in [4.69, 9.17) is 9.63 Å². The molecule has 1 fully saturated rings. The van der Waals surface area contributed by atoms with Crippen molar-refractivity contribution in [3.63, 3.8) is 0 Å². The zero-order chi connectivity index (χ0) is 14.1. The Morgan fingerprint density at radius 1 is 1.45 bits per heavy atom. The lowest BCUT2D eigenvalue weighted by Gasteiger charge is -2.23. The molecule has 20 heavy (non-hydrogen) atoms. The number of hydrogen-bond donors (Lipinski definition) is 1. The Morgan fingerprint density at radius 2 is 2.30 bits per heavy atom. The van der Waals surface area contributed by atoms with Crippen LogP contribution in [-0.2, 0) is 0 Å². The summed E-state index contributed by atoms with van der Waals surface area (Å²) in [4.78, 5) is 21.5. The predicted octanol–water partition coefficient (Wildman–Crippen LogP) is 1.81. The summed E-state index contributed by atoms with van der Waals surface area (Å²) in [7, 11) is 0. The monoisotopic (exact) mass is 274 g/mol. The molecule has 1 aliphatic rings. The van der Waals surface area contributed by atoms with E-state index >= 15 is 0 Å². The Balaban J connectivity index is 1.92. The number of hydrogen-bond acceptors (Lipinski definition) is 6. The van der Waals surface area contributed by atoms with Crippen LogP contribution >= 0.6 is 0 Å². The highest BCUT2D eigenvalue weighted by molar-refractivity contribution is 5.85. The first-order valence-electron chi connectivity index (χ1n) is 6.42. The second-order valence-electron chi connectivity index (χ2n) is 4.71. The van der Waals surface area contributed by atoms with Gasteiger partial charge in [-0.15, -0.1) is 0 Å². The molecular formula is C13H14N4O3. The van der Waals surface area contributed by atoms with Crippen LogP contribution in [0.2, 0.25) is 0 Å². The zero-order valence-electron chi connectivity index (χ0n) is 11.0. The third kappa shape index (κ3) is 2.22. The number of aryl methyl sites for hydroxylation is 1. The Kier molecular flexibility index (Phi) is 3.09. The van der Waals surface area contributed by atoms with E-state index in [-0.39, 0.29) is 11.7 Å². The van der Waals surface area contributed by atoms with Crippen molar-refractivity contribution in [1.29, 1.82) is 0 Å². The molecule has 7 nitrogen and oxygen atoms in total. The van der Waals surface area contributed by atoms with E-state index in [9.17, 15) is 4.79 Å². The minimum Gasteiger partial charge on any atom is -0.477 e. The number of aromatic nitrogens is 3. The molecule has 3 rings (SSSR count). The standard InChI is InChI=1S/C13H14N4O3/c1-8-14-12(16-20-8)10-5-3-7-17(10)11-6-2-4-9(15-11)13(18)19/h2,4,6,10H,3,5,7H2,1H3,(H,18,19). The fourth-order valence-corrected chi connectivity index (χ4v) is 2.46. The highest BCUT2D eigenvalue weighted by Crippen LogP contribution is 2.33. The number of carboxylic acids is 1. The summed E-state index contributed by atoms with van der Waals surface area (Å²) < 4.78 is 5.02. The van der Waals surface area contributed by atoms with Crippen molar-refractivity contribution >= 4 is 11.8 Å². The van der Waals surface area contributed by atoms with E-state index < -0.39 is 5.97 Å². The van der Waals surface area contributed by atoms with Crippen molar-refractivity contribution in [3.8, 4) is 0 Å². The van der Waals surface area contributed by atoms with Crippen molar-refractivity contribution in [2.45, 2.75) is 25.8 Å². The first-order chi connectivity index (χ1) is 9.65. The lowest BCUT2D eigenvalue weighted by Crippen LogP contribution is -2.25. The predicted molar refractivity (Wildman–Crippen MR) is 69.6 cm³/mol. The lowest BCUT2D eigenvalue weighted by molar-refractivity contribution is 0.0690. The van der Waals surface area contributed by atoms with Gasteiger partial charge >= 0.3 is 5.97 Å². The molecule has 0 saturated carbocycles. The number of rotatable bonds is 3. The fraction of sp³-hybridized carbons (Fsp3) is 0.385. The van der Waals surface area contributed by atoms with Crippen LogP contribution < -0.4 is 4.90 Å². The molecule has 1 aliphatic heterocycles. The molecule has 1 unspecified atom stereocenters. The molecule has 0 aromatic carbocycles. The first-order valence-corrected chi connectivity index (χ1v) is 6.42. The topological polar surface area (TPSA) is 92.4 Å². The molecule has 2 aromatic rings. The summed E-state index contributed by atoms with van der Waals surface area (Å²) in [6.07, 6.45) is 1.88. The second-order valence-corrected chi connectivity index (χ2v) is 4.71. The third-order valence-electron chi connectivity index (χ3n) is 3.34. The van der Waals surface area contributed by atoms with Gasteiger partial charge in [-0.3, -0.25) is 0 Å². The molecule has 0 amide bonds. The molecule has 0 aliphatic carbocycles. The number of anilines is 1. The maximum absolute atomic E-state index is 11.0. The van der Waals surface area contributed by atoms with Crippen LogP contribution in [0.4, 0.5) is 5.82 Å². The van der Waals surface area contributed by atoms with Gasteiger partial charge in [-0.25, -0.2) is 9.78 Å². The number of carbonyl (C=O) groups is 1. The molecular weight excluding hydrogens is 260 g/mol. The van der Waals surface area contributed by atoms with E-state index in [1.165, 1.54) is 6.07 Å². The summed E-state index contributed by atoms with van der Waals surface area (Å²) in [5.41, 5.74) is 0.0393. The van der Waals surface area contributed by atoms with Crippen LogP contribution in [0.25, 0.3) is 0 Å². The van der Waals surface area contributed by atoms with E-state index in [1.807, 2.05) is 4.90 Å². The van der Waals surface area contributed by atoms with Crippen molar-refractivity contribution in [2.75, 3.05) is 11.4 Å². The summed E-state index contributed by atoms with van der Waals surface area (Å²) >= 11 is 0. The van der Waals surface area contributed by atoms with Crippen LogP contribution in [0.1, 0.15) is 41.1 Å².